The van der Waals surface area contributed by atoms with Crippen molar-refractivity contribution in [1.29, 1.82) is 0 Å². The third-order valence-corrected chi connectivity index (χ3v) is 3.77. The first-order valence-corrected chi connectivity index (χ1v) is 7.96. The molecule has 3 rings (SSSR count). The number of aromatic nitrogens is 1. The fraction of sp³-hybridized carbons (Fsp3) is 0.412. The highest BCUT2D eigenvalue weighted by molar-refractivity contribution is 14.0. The largest absolute Gasteiger partial charge is 0.486 e. The van der Waals surface area contributed by atoms with Gasteiger partial charge in [0.2, 0.25) is 0 Å². The highest BCUT2D eigenvalue weighted by Crippen LogP contribution is 2.30. The van der Waals surface area contributed by atoms with Gasteiger partial charge in [-0.25, -0.2) is 0 Å². The molecule has 1 aliphatic rings. The zero-order valence-corrected chi connectivity index (χ0v) is 16.7. The Balaban J connectivity index is 0.00000225. The van der Waals surface area contributed by atoms with Crippen molar-refractivity contribution in [3.8, 4) is 11.5 Å². The van der Waals surface area contributed by atoms with E-state index in [1.807, 2.05) is 30.1 Å². The van der Waals surface area contributed by atoms with Gasteiger partial charge in [0.15, 0.2) is 17.5 Å². The number of hydrogen-bond acceptors (Lipinski definition) is 5. The summed E-state index contributed by atoms with van der Waals surface area (Å²) < 4.78 is 16.0. The number of nitrogens with one attached hydrogen (secondary N) is 1. The summed E-state index contributed by atoms with van der Waals surface area (Å²) in [4.78, 5) is 6.30. The summed E-state index contributed by atoms with van der Waals surface area (Å²) in [7, 11) is 3.74. The Labute approximate surface area is 164 Å². The lowest BCUT2D eigenvalue weighted by Gasteiger charge is -2.21. The summed E-state index contributed by atoms with van der Waals surface area (Å²) in [6.07, 6.45) is 2.44. The maximum absolute atomic E-state index is 5.62. The van der Waals surface area contributed by atoms with Crippen LogP contribution in [0.2, 0.25) is 0 Å². The molecule has 1 aromatic heterocycles. The van der Waals surface area contributed by atoms with E-state index < -0.39 is 0 Å². The monoisotopic (exact) mass is 458 g/mol. The van der Waals surface area contributed by atoms with Gasteiger partial charge in [-0.2, -0.15) is 0 Å². The maximum atomic E-state index is 5.62. The van der Waals surface area contributed by atoms with E-state index in [1.54, 1.807) is 13.3 Å². The number of ether oxygens (including phenoxy) is 2. The smallest absolute Gasteiger partial charge is 0.193 e. The quantitative estimate of drug-likeness (QED) is 0.422. The molecule has 0 saturated carbocycles. The fourth-order valence-electron chi connectivity index (χ4n) is 2.58. The third kappa shape index (κ3) is 5.25. The Morgan fingerprint density at radius 3 is 2.76 bits per heavy atom. The lowest BCUT2D eigenvalue weighted by atomic mass is 10.1. The Bertz CT molecular complexity index is 691. The summed E-state index contributed by atoms with van der Waals surface area (Å²) in [5.74, 6) is 2.46. The van der Waals surface area contributed by atoms with Crippen molar-refractivity contribution in [2.75, 3.05) is 33.9 Å². The highest BCUT2D eigenvalue weighted by Gasteiger charge is 2.12. The van der Waals surface area contributed by atoms with E-state index in [2.05, 4.69) is 21.5 Å². The molecule has 0 spiro atoms. The van der Waals surface area contributed by atoms with E-state index in [4.69, 9.17) is 14.0 Å². The second kappa shape index (κ2) is 9.50. The SMILES string of the molecule is CN=C(NCCc1ccc2c(c1)OCCO2)N(C)Cc1ccon1.I. The van der Waals surface area contributed by atoms with Gasteiger partial charge in [0, 0.05) is 26.7 Å². The molecule has 2 aromatic rings. The lowest BCUT2D eigenvalue weighted by Crippen LogP contribution is -2.39. The number of rotatable bonds is 5. The fourth-order valence-corrected chi connectivity index (χ4v) is 2.58. The normalized spacial score (nSPS) is 13.1. The minimum atomic E-state index is 0. The van der Waals surface area contributed by atoms with Crippen LogP contribution >= 0.6 is 24.0 Å². The van der Waals surface area contributed by atoms with E-state index in [1.165, 1.54) is 5.56 Å². The molecule has 1 aromatic carbocycles. The predicted molar refractivity (Wildman–Crippen MR) is 106 cm³/mol. The summed E-state index contributed by atoms with van der Waals surface area (Å²) in [5.41, 5.74) is 2.06. The molecule has 0 radical (unpaired) electrons. The van der Waals surface area contributed by atoms with Crippen molar-refractivity contribution in [3.05, 3.63) is 41.8 Å². The molecule has 1 aliphatic heterocycles. The van der Waals surface area contributed by atoms with Gasteiger partial charge in [-0.1, -0.05) is 11.2 Å². The van der Waals surface area contributed by atoms with Gasteiger partial charge in [0.25, 0.3) is 0 Å². The van der Waals surface area contributed by atoms with E-state index in [0.717, 1.165) is 36.1 Å². The van der Waals surface area contributed by atoms with Crippen LogP contribution < -0.4 is 14.8 Å². The Morgan fingerprint density at radius 2 is 2.04 bits per heavy atom. The number of hydrogen-bond donors (Lipinski definition) is 1. The van der Waals surface area contributed by atoms with Crippen LogP contribution in [-0.2, 0) is 13.0 Å². The number of fused-ring (bicyclic) bond motifs is 1. The zero-order valence-electron chi connectivity index (χ0n) is 14.4. The summed E-state index contributed by atoms with van der Waals surface area (Å²) in [6.45, 7) is 2.63. The molecule has 1 N–H and O–H groups in total. The van der Waals surface area contributed by atoms with Crippen molar-refractivity contribution in [2.45, 2.75) is 13.0 Å². The van der Waals surface area contributed by atoms with E-state index in [9.17, 15) is 0 Å². The molecule has 0 fully saturated rings. The van der Waals surface area contributed by atoms with Crippen LogP contribution in [0.5, 0.6) is 11.5 Å². The zero-order chi connectivity index (χ0) is 16.8. The van der Waals surface area contributed by atoms with Gasteiger partial charge in [-0.05, 0) is 24.1 Å². The number of aliphatic imine (C=N–C) groups is 1. The number of halogens is 1. The molecule has 0 atom stereocenters. The van der Waals surface area contributed by atoms with Gasteiger partial charge in [-0.3, -0.25) is 4.99 Å². The summed E-state index contributed by atoms with van der Waals surface area (Å²) in [6, 6.07) is 7.92. The topological polar surface area (TPSA) is 72.1 Å². The van der Waals surface area contributed by atoms with Crippen molar-refractivity contribution >= 4 is 29.9 Å². The standard InChI is InChI=1S/C17H22N4O3.HI/c1-18-17(21(2)12-14-6-8-24-20-14)19-7-5-13-3-4-15-16(11-13)23-10-9-22-15;/h3-4,6,8,11H,5,7,9-10,12H2,1-2H3,(H,18,19);1H. The molecule has 136 valence electrons. The van der Waals surface area contributed by atoms with Crippen LogP contribution in [-0.4, -0.2) is 49.9 Å². The molecular formula is C17H23IN4O3. The average Bonchev–Trinajstić information content (AvgIpc) is 3.11. The van der Waals surface area contributed by atoms with Crippen molar-refractivity contribution < 1.29 is 14.0 Å². The van der Waals surface area contributed by atoms with Crippen LogP contribution in [0.3, 0.4) is 0 Å². The maximum Gasteiger partial charge on any atom is 0.193 e. The summed E-state index contributed by atoms with van der Waals surface area (Å²) >= 11 is 0. The molecular weight excluding hydrogens is 435 g/mol. The lowest BCUT2D eigenvalue weighted by molar-refractivity contribution is 0.171. The predicted octanol–water partition coefficient (Wildman–Crippen LogP) is 2.31. The molecule has 2 heterocycles. The molecule has 0 saturated heterocycles. The molecule has 8 heteroatoms. The van der Waals surface area contributed by atoms with Gasteiger partial charge in [-0.15, -0.1) is 24.0 Å². The Kier molecular flexibility index (Phi) is 7.35. The first-order valence-electron chi connectivity index (χ1n) is 7.96. The second-order valence-corrected chi connectivity index (χ2v) is 5.55. The van der Waals surface area contributed by atoms with Gasteiger partial charge < -0.3 is 24.2 Å². The van der Waals surface area contributed by atoms with E-state index in [0.29, 0.717) is 19.8 Å². The molecule has 0 amide bonds. The van der Waals surface area contributed by atoms with Gasteiger partial charge in [0.05, 0.1) is 6.54 Å². The number of guanidine groups is 1. The molecule has 0 unspecified atom stereocenters. The third-order valence-electron chi connectivity index (χ3n) is 3.77. The van der Waals surface area contributed by atoms with Crippen molar-refractivity contribution in [1.82, 2.24) is 15.4 Å². The van der Waals surface area contributed by atoms with Gasteiger partial charge in [0.1, 0.15) is 25.2 Å². The van der Waals surface area contributed by atoms with E-state index in [-0.39, 0.29) is 24.0 Å². The second-order valence-electron chi connectivity index (χ2n) is 5.55. The van der Waals surface area contributed by atoms with E-state index >= 15 is 0 Å². The minimum Gasteiger partial charge on any atom is -0.486 e. The van der Waals surface area contributed by atoms with Crippen LogP contribution in [0.25, 0.3) is 0 Å². The Morgan fingerprint density at radius 1 is 1.24 bits per heavy atom. The first-order chi connectivity index (χ1) is 11.8. The van der Waals surface area contributed by atoms with Crippen molar-refractivity contribution in [2.24, 2.45) is 4.99 Å². The molecule has 0 bridgehead atoms. The van der Waals surface area contributed by atoms with Crippen LogP contribution in [0, 0.1) is 0 Å². The molecule has 7 nitrogen and oxygen atoms in total. The summed E-state index contributed by atoms with van der Waals surface area (Å²) in [5, 5.41) is 7.27. The van der Waals surface area contributed by atoms with Crippen LogP contribution in [0.15, 0.2) is 40.0 Å². The molecule has 0 aliphatic carbocycles. The number of nitrogens with zero attached hydrogens (tertiary/aromatic N) is 3. The van der Waals surface area contributed by atoms with Gasteiger partial charge >= 0.3 is 0 Å². The molecule has 25 heavy (non-hydrogen) atoms. The highest BCUT2D eigenvalue weighted by atomic mass is 127. The minimum absolute atomic E-state index is 0. The van der Waals surface area contributed by atoms with Crippen LogP contribution in [0.4, 0.5) is 0 Å². The Hall–Kier alpha value is -1.97. The number of benzene rings is 1. The van der Waals surface area contributed by atoms with Crippen molar-refractivity contribution in [3.63, 3.8) is 0 Å². The van der Waals surface area contributed by atoms with Crippen LogP contribution in [0.1, 0.15) is 11.3 Å². The first kappa shape index (κ1) is 19.4. The average molecular weight is 458 g/mol.